The van der Waals surface area contributed by atoms with Crippen molar-refractivity contribution in [3.63, 3.8) is 0 Å². The molecule has 6 heteroatoms. The predicted molar refractivity (Wildman–Crippen MR) is 72.1 cm³/mol. The normalized spacial score (nSPS) is 18.7. The molecule has 0 unspecified atom stereocenters. The maximum Gasteiger partial charge on any atom is 0.321 e. The Morgan fingerprint density at radius 3 is 2.85 bits per heavy atom. The van der Waals surface area contributed by atoms with Gasteiger partial charge in [0.05, 0.1) is 11.6 Å². The smallest absolute Gasteiger partial charge is 0.321 e. The molecule has 2 N–H and O–H groups in total. The number of carboxylic acid groups (broad SMARTS) is 1. The summed E-state index contributed by atoms with van der Waals surface area (Å²) in [6.07, 6.45) is 1.21. The van der Waals surface area contributed by atoms with Crippen LogP contribution in [-0.4, -0.2) is 35.1 Å². The number of aliphatic carboxylic acids is 1. The Labute approximate surface area is 116 Å². The molecular weight excluding hydrogens is 263 g/mol. The van der Waals surface area contributed by atoms with Crippen LogP contribution >= 0.6 is 0 Å². The molecule has 1 saturated heterocycles. The number of amides is 2. The van der Waals surface area contributed by atoms with Crippen LogP contribution in [0.4, 0.5) is 14.9 Å². The first-order valence-electron chi connectivity index (χ1n) is 6.52. The maximum atomic E-state index is 13.7. The average molecular weight is 280 g/mol. The Bertz CT molecular complexity index is 533. The minimum Gasteiger partial charge on any atom is -0.481 e. The molecule has 20 heavy (non-hydrogen) atoms. The zero-order chi connectivity index (χ0) is 14.7. The molecule has 2 amide bonds. The van der Waals surface area contributed by atoms with Gasteiger partial charge < -0.3 is 15.3 Å². The largest absolute Gasteiger partial charge is 0.481 e. The van der Waals surface area contributed by atoms with Crippen molar-refractivity contribution in [3.8, 4) is 0 Å². The Balaban J connectivity index is 2.02. The number of aryl methyl sites for hydroxylation is 1. The molecule has 0 aromatic heterocycles. The van der Waals surface area contributed by atoms with Crippen molar-refractivity contribution >= 4 is 17.7 Å². The minimum atomic E-state index is -0.899. The summed E-state index contributed by atoms with van der Waals surface area (Å²) in [5.74, 6) is -1.94. The summed E-state index contributed by atoms with van der Waals surface area (Å²) in [7, 11) is 0. The van der Waals surface area contributed by atoms with E-state index < -0.39 is 23.7 Å². The summed E-state index contributed by atoms with van der Waals surface area (Å²) in [5, 5.41) is 11.5. The summed E-state index contributed by atoms with van der Waals surface area (Å²) in [5.41, 5.74) is 0.877. The first-order chi connectivity index (χ1) is 9.47. The lowest BCUT2D eigenvalue weighted by Gasteiger charge is -2.30. The number of nitrogens with zero attached hydrogens (tertiary/aromatic N) is 1. The van der Waals surface area contributed by atoms with E-state index in [4.69, 9.17) is 5.11 Å². The van der Waals surface area contributed by atoms with E-state index >= 15 is 0 Å². The van der Waals surface area contributed by atoms with E-state index in [-0.39, 0.29) is 12.2 Å². The molecule has 1 aliphatic heterocycles. The van der Waals surface area contributed by atoms with E-state index in [2.05, 4.69) is 5.32 Å². The summed E-state index contributed by atoms with van der Waals surface area (Å²) in [6.45, 7) is 2.41. The standard InChI is InChI=1S/C14H17FN2O3/c1-9-4-5-12(11(15)7-9)16-14(20)17-6-2-3-10(8-17)13(18)19/h4-5,7,10H,2-3,6,8H2,1H3,(H,16,20)(H,18,19)/t10-/m1/s1. The number of carbonyl (C=O) groups is 2. The highest BCUT2D eigenvalue weighted by Crippen LogP contribution is 2.19. The van der Waals surface area contributed by atoms with Gasteiger partial charge in [-0.15, -0.1) is 0 Å². The van der Waals surface area contributed by atoms with Crippen LogP contribution in [0.25, 0.3) is 0 Å². The van der Waals surface area contributed by atoms with Gasteiger partial charge in [-0.05, 0) is 37.5 Å². The van der Waals surface area contributed by atoms with Gasteiger partial charge in [-0.3, -0.25) is 4.79 Å². The van der Waals surface area contributed by atoms with Crippen LogP contribution in [-0.2, 0) is 4.79 Å². The van der Waals surface area contributed by atoms with Gasteiger partial charge in [-0.1, -0.05) is 6.07 Å². The van der Waals surface area contributed by atoms with Crippen molar-refractivity contribution in [1.82, 2.24) is 4.90 Å². The highest BCUT2D eigenvalue weighted by atomic mass is 19.1. The van der Waals surface area contributed by atoms with E-state index in [1.54, 1.807) is 13.0 Å². The molecular formula is C14H17FN2O3. The number of nitrogens with one attached hydrogen (secondary N) is 1. The molecule has 0 spiro atoms. The van der Waals surface area contributed by atoms with Crippen LogP contribution < -0.4 is 5.32 Å². The Kier molecular flexibility index (Phi) is 4.22. The fraction of sp³-hybridized carbons (Fsp3) is 0.429. The van der Waals surface area contributed by atoms with Crippen molar-refractivity contribution in [2.24, 2.45) is 5.92 Å². The molecule has 5 nitrogen and oxygen atoms in total. The van der Waals surface area contributed by atoms with Crippen molar-refractivity contribution in [2.45, 2.75) is 19.8 Å². The van der Waals surface area contributed by atoms with Gasteiger partial charge in [0.25, 0.3) is 0 Å². The zero-order valence-corrected chi connectivity index (χ0v) is 11.2. The Morgan fingerprint density at radius 1 is 1.45 bits per heavy atom. The number of hydrogen-bond acceptors (Lipinski definition) is 2. The summed E-state index contributed by atoms with van der Waals surface area (Å²) < 4.78 is 13.7. The third-order valence-electron chi connectivity index (χ3n) is 3.42. The lowest BCUT2D eigenvalue weighted by atomic mass is 9.99. The van der Waals surface area contributed by atoms with Gasteiger partial charge >= 0.3 is 12.0 Å². The van der Waals surface area contributed by atoms with Crippen LogP contribution in [0.2, 0.25) is 0 Å². The number of likely N-dealkylation sites (tertiary alicyclic amines) is 1. The van der Waals surface area contributed by atoms with Gasteiger partial charge in [0.1, 0.15) is 5.82 Å². The summed E-state index contributed by atoms with van der Waals surface area (Å²) >= 11 is 0. The number of carbonyl (C=O) groups excluding carboxylic acids is 1. The predicted octanol–water partition coefficient (Wildman–Crippen LogP) is 2.46. The van der Waals surface area contributed by atoms with E-state index in [0.29, 0.717) is 19.4 Å². The number of rotatable bonds is 2. The van der Waals surface area contributed by atoms with E-state index in [9.17, 15) is 14.0 Å². The topological polar surface area (TPSA) is 69.6 Å². The van der Waals surface area contributed by atoms with Gasteiger partial charge in [-0.25, -0.2) is 9.18 Å². The first kappa shape index (κ1) is 14.3. The van der Waals surface area contributed by atoms with E-state index in [0.717, 1.165) is 5.56 Å². The molecule has 0 aliphatic carbocycles. The van der Waals surface area contributed by atoms with Crippen molar-refractivity contribution < 1.29 is 19.1 Å². The zero-order valence-electron chi connectivity index (χ0n) is 11.2. The number of hydrogen-bond donors (Lipinski definition) is 2. The first-order valence-corrected chi connectivity index (χ1v) is 6.52. The van der Waals surface area contributed by atoms with Crippen LogP contribution in [0.15, 0.2) is 18.2 Å². The number of urea groups is 1. The molecule has 0 bridgehead atoms. The molecule has 0 saturated carbocycles. The van der Waals surface area contributed by atoms with Crippen LogP contribution in [0.1, 0.15) is 18.4 Å². The second-order valence-corrected chi connectivity index (χ2v) is 5.04. The number of halogens is 1. The van der Waals surface area contributed by atoms with Crippen LogP contribution in [0.5, 0.6) is 0 Å². The summed E-state index contributed by atoms with van der Waals surface area (Å²) in [6, 6.07) is 4.08. The second kappa shape index (κ2) is 5.90. The number of carboxylic acids is 1. The number of benzene rings is 1. The van der Waals surface area contributed by atoms with Crippen LogP contribution in [0.3, 0.4) is 0 Å². The van der Waals surface area contributed by atoms with E-state index in [1.807, 2.05) is 0 Å². The second-order valence-electron chi connectivity index (χ2n) is 5.04. The van der Waals surface area contributed by atoms with Crippen molar-refractivity contribution in [2.75, 3.05) is 18.4 Å². The molecule has 108 valence electrons. The maximum absolute atomic E-state index is 13.7. The average Bonchev–Trinajstić information content (AvgIpc) is 2.42. The molecule has 2 rings (SSSR count). The molecule has 1 atom stereocenters. The van der Waals surface area contributed by atoms with Gasteiger partial charge in [-0.2, -0.15) is 0 Å². The SMILES string of the molecule is Cc1ccc(NC(=O)N2CCC[C@@H](C(=O)O)C2)c(F)c1. The molecule has 1 aromatic rings. The third kappa shape index (κ3) is 3.26. The fourth-order valence-corrected chi connectivity index (χ4v) is 2.28. The van der Waals surface area contributed by atoms with Gasteiger partial charge in [0.2, 0.25) is 0 Å². The molecule has 0 radical (unpaired) electrons. The molecule has 1 aliphatic rings. The molecule has 1 heterocycles. The quantitative estimate of drug-likeness (QED) is 0.874. The van der Waals surface area contributed by atoms with Crippen molar-refractivity contribution in [1.29, 1.82) is 0 Å². The highest BCUT2D eigenvalue weighted by Gasteiger charge is 2.28. The Morgan fingerprint density at radius 2 is 2.20 bits per heavy atom. The monoisotopic (exact) mass is 280 g/mol. The third-order valence-corrected chi connectivity index (χ3v) is 3.42. The van der Waals surface area contributed by atoms with Gasteiger partial charge in [0.15, 0.2) is 0 Å². The lowest BCUT2D eigenvalue weighted by Crippen LogP contribution is -2.44. The van der Waals surface area contributed by atoms with Gasteiger partial charge in [0, 0.05) is 13.1 Å². The highest BCUT2D eigenvalue weighted by molar-refractivity contribution is 5.90. The summed E-state index contributed by atoms with van der Waals surface area (Å²) in [4.78, 5) is 24.4. The molecule has 1 fully saturated rings. The Hall–Kier alpha value is -2.11. The number of piperidine rings is 1. The van der Waals surface area contributed by atoms with Crippen molar-refractivity contribution in [3.05, 3.63) is 29.6 Å². The number of anilines is 1. The fourth-order valence-electron chi connectivity index (χ4n) is 2.28. The van der Waals surface area contributed by atoms with Crippen LogP contribution in [0, 0.1) is 18.7 Å². The minimum absolute atomic E-state index is 0.109. The molecule has 1 aromatic carbocycles. The lowest BCUT2D eigenvalue weighted by molar-refractivity contribution is -0.143. The van der Waals surface area contributed by atoms with E-state index in [1.165, 1.54) is 17.0 Å².